The first-order valence-electron chi connectivity index (χ1n) is 8.56. The molecule has 138 valence electrons. The normalized spacial score (nSPS) is 24.0. The fraction of sp³-hybridized carbons (Fsp3) is 0.611. The topological polar surface area (TPSA) is 20.3 Å². The summed E-state index contributed by atoms with van der Waals surface area (Å²) >= 11 is 3.91. The van der Waals surface area contributed by atoms with Crippen LogP contribution < -0.4 is 0 Å². The van der Waals surface area contributed by atoms with E-state index < -0.39 is 11.7 Å². The summed E-state index contributed by atoms with van der Waals surface area (Å²) in [5.74, 6) is 4.15. The van der Waals surface area contributed by atoms with Crippen LogP contribution in [-0.4, -0.2) is 52.8 Å². The van der Waals surface area contributed by atoms with Crippen LogP contribution in [0, 0.1) is 5.92 Å². The minimum Gasteiger partial charge on any atom is -0.298 e. The van der Waals surface area contributed by atoms with Crippen LogP contribution in [0.25, 0.3) is 0 Å². The lowest BCUT2D eigenvalue weighted by Gasteiger charge is -2.37. The number of thioether (sulfide) groups is 2. The zero-order valence-corrected chi connectivity index (χ0v) is 15.6. The molecule has 1 atom stereocenters. The summed E-state index contributed by atoms with van der Waals surface area (Å²) in [5, 5.41) is 0. The lowest BCUT2D eigenvalue weighted by Crippen LogP contribution is -2.46. The standard InChI is InChI=1S/C18H22F3NOS2/c19-18(20,21)15-5-1-3-13(9-15)17(23)14-4-2-6-22(10-14)16-11-24-7-8-25-12-16/h1,3,5,9,14,16H,2,4,6-8,10-12H2/t14-/m0/s1. The third kappa shape index (κ3) is 4.95. The predicted molar refractivity (Wildman–Crippen MR) is 98.5 cm³/mol. The molecule has 0 radical (unpaired) electrons. The molecule has 25 heavy (non-hydrogen) atoms. The summed E-state index contributed by atoms with van der Waals surface area (Å²) in [5.41, 5.74) is -0.561. The number of benzene rings is 1. The zero-order chi connectivity index (χ0) is 17.9. The number of hydrogen-bond acceptors (Lipinski definition) is 4. The maximum Gasteiger partial charge on any atom is 0.416 e. The van der Waals surface area contributed by atoms with E-state index >= 15 is 0 Å². The van der Waals surface area contributed by atoms with Gasteiger partial charge in [-0.1, -0.05) is 12.1 Å². The predicted octanol–water partition coefficient (Wildman–Crippen LogP) is 4.45. The number of piperidine rings is 1. The SMILES string of the molecule is O=C(c1cccc(C(F)(F)F)c1)[C@H]1CCCN(C2CSCCSC2)C1. The lowest BCUT2D eigenvalue weighted by molar-refractivity contribution is -0.137. The van der Waals surface area contributed by atoms with Gasteiger partial charge in [0.05, 0.1) is 5.56 Å². The second-order valence-corrected chi connectivity index (χ2v) is 8.88. The summed E-state index contributed by atoms with van der Waals surface area (Å²) in [6.07, 6.45) is -2.72. The van der Waals surface area contributed by atoms with Crippen LogP contribution in [0.1, 0.15) is 28.8 Å². The van der Waals surface area contributed by atoms with Crippen LogP contribution in [0.3, 0.4) is 0 Å². The van der Waals surface area contributed by atoms with Gasteiger partial charge in [-0.05, 0) is 31.5 Å². The minimum atomic E-state index is -4.41. The van der Waals surface area contributed by atoms with Gasteiger partial charge in [0.25, 0.3) is 0 Å². The molecule has 0 bridgehead atoms. The number of halogens is 3. The molecule has 2 heterocycles. The highest BCUT2D eigenvalue weighted by atomic mass is 32.2. The van der Waals surface area contributed by atoms with Gasteiger partial charge < -0.3 is 0 Å². The molecule has 1 aromatic carbocycles. The number of Topliss-reactive ketones (excluding diaryl/α,β-unsaturated/α-hetero) is 1. The molecule has 7 heteroatoms. The first-order chi connectivity index (χ1) is 11.9. The van der Waals surface area contributed by atoms with Crippen molar-refractivity contribution in [3.8, 4) is 0 Å². The molecular formula is C18H22F3NOS2. The van der Waals surface area contributed by atoms with Gasteiger partial charge in [0.15, 0.2) is 5.78 Å². The number of carbonyl (C=O) groups is 1. The van der Waals surface area contributed by atoms with E-state index in [-0.39, 0.29) is 17.3 Å². The van der Waals surface area contributed by atoms with Gasteiger partial charge in [-0.2, -0.15) is 36.7 Å². The smallest absolute Gasteiger partial charge is 0.298 e. The molecule has 2 fully saturated rings. The number of likely N-dealkylation sites (tertiary alicyclic amines) is 1. The molecule has 2 nitrogen and oxygen atoms in total. The highest BCUT2D eigenvalue weighted by Gasteiger charge is 2.33. The van der Waals surface area contributed by atoms with E-state index in [2.05, 4.69) is 4.90 Å². The maximum atomic E-state index is 12.9. The average molecular weight is 390 g/mol. The van der Waals surface area contributed by atoms with Crippen LogP contribution in [0.2, 0.25) is 0 Å². The van der Waals surface area contributed by atoms with Gasteiger partial charge >= 0.3 is 6.18 Å². The highest BCUT2D eigenvalue weighted by molar-refractivity contribution is 8.03. The molecule has 2 aliphatic heterocycles. The highest BCUT2D eigenvalue weighted by Crippen LogP contribution is 2.31. The second kappa shape index (κ2) is 8.35. The van der Waals surface area contributed by atoms with E-state index in [9.17, 15) is 18.0 Å². The second-order valence-electron chi connectivity index (χ2n) is 6.58. The van der Waals surface area contributed by atoms with Crippen LogP contribution in [0.15, 0.2) is 24.3 Å². The van der Waals surface area contributed by atoms with Crippen molar-refractivity contribution < 1.29 is 18.0 Å². The summed E-state index contributed by atoms with van der Waals surface area (Å²) in [6, 6.07) is 5.32. The Hall–Kier alpha value is -0.660. The van der Waals surface area contributed by atoms with Gasteiger partial charge in [0.1, 0.15) is 0 Å². The number of hydrogen-bond donors (Lipinski definition) is 0. The third-order valence-corrected chi connectivity index (χ3v) is 7.29. The molecule has 0 N–H and O–H groups in total. The van der Waals surface area contributed by atoms with E-state index in [0.717, 1.165) is 43.0 Å². The van der Waals surface area contributed by atoms with Gasteiger partial charge in [0, 0.05) is 47.1 Å². The fourth-order valence-corrected chi connectivity index (χ4v) is 6.08. The van der Waals surface area contributed by atoms with Crippen molar-refractivity contribution in [1.82, 2.24) is 4.90 Å². The van der Waals surface area contributed by atoms with E-state index in [1.807, 2.05) is 23.5 Å². The van der Waals surface area contributed by atoms with Gasteiger partial charge in [-0.15, -0.1) is 0 Å². The van der Waals surface area contributed by atoms with Gasteiger partial charge in [0.2, 0.25) is 0 Å². The Morgan fingerprint density at radius 3 is 2.56 bits per heavy atom. The summed E-state index contributed by atoms with van der Waals surface area (Å²) in [7, 11) is 0. The van der Waals surface area contributed by atoms with Crippen LogP contribution in [0.5, 0.6) is 0 Å². The van der Waals surface area contributed by atoms with Crippen molar-refractivity contribution in [2.75, 3.05) is 36.1 Å². The van der Waals surface area contributed by atoms with Gasteiger partial charge in [-0.3, -0.25) is 9.69 Å². The maximum absolute atomic E-state index is 12.9. The first kappa shape index (κ1) is 19.1. The first-order valence-corrected chi connectivity index (χ1v) is 10.9. The Morgan fingerprint density at radius 2 is 1.88 bits per heavy atom. The van der Waals surface area contributed by atoms with Crippen molar-refractivity contribution in [3.05, 3.63) is 35.4 Å². The van der Waals surface area contributed by atoms with E-state index in [1.54, 1.807) is 0 Å². The zero-order valence-electron chi connectivity index (χ0n) is 13.9. The lowest BCUT2D eigenvalue weighted by atomic mass is 9.89. The molecule has 0 amide bonds. The monoisotopic (exact) mass is 389 g/mol. The molecule has 2 saturated heterocycles. The number of carbonyl (C=O) groups excluding carboxylic acids is 1. The van der Waals surface area contributed by atoms with Crippen molar-refractivity contribution in [1.29, 1.82) is 0 Å². The molecule has 0 aromatic heterocycles. The number of rotatable bonds is 3. The van der Waals surface area contributed by atoms with Crippen molar-refractivity contribution in [3.63, 3.8) is 0 Å². The largest absolute Gasteiger partial charge is 0.416 e. The number of alkyl halides is 3. The molecule has 0 saturated carbocycles. The van der Waals surface area contributed by atoms with Gasteiger partial charge in [-0.25, -0.2) is 0 Å². The van der Waals surface area contributed by atoms with E-state index in [1.165, 1.54) is 23.6 Å². The van der Waals surface area contributed by atoms with E-state index in [4.69, 9.17) is 0 Å². The Balaban J connectivity index is 1.69. The van der Waals surface area contributed by atoms with Crippen molar-refractivity contribution in [2.24, 2.45) is 5.92 Å². The third-order valence-electron chi connectivity index (χ3n) is 4.81. The van der Waals surface area contributed by atoms with Crippen molar-refractivity contribution in [2.45, 2.75) is 25.1 Å². The molecular weight excluding hydrogens is 367 g/mol. The van der Waals surface area contributed by atoms with Crippen LogP contribution in [0.4, 0.5) is 13.2 Å². The van der Waals surface area contributed by atoms with E-state index in [0.29, 0.717) is 12.6 Å². The average Bonchev–Trinajstić information content (AvgIpc) is 2.90. The Morgan fingerprint density at radius 1 is 1.16 bits per heavy atom. The fourth-order valence-electron chi connectivity index (χ4n) is 3.45. The molecule has 0 unspecified atom stereocenters. The Bertz CT molecular complexity index is 600. The van der Waals surface area contributed by atoms with Crippen molar-refractivity contribution >= 4 is 29.3 Å². The summed E-state index contributed by atoms with van der Waals surface area (Å²) < 4.78 is 38.7. The Labute approximate surface area is 154 Å². The molecule has 0 aliphatic carbocycles. The quantitative estimate of drug-likeness (QED) is 0.712. The Kier molecular flexibility index (Phi) is 6.39. The molecule has 3 rings (SSSR count). The van der Waals surface area contributed by atoms with Crippen LogP contribution >= 0.6 is 23.5 Å². The number of ketones is 1. The summed E-state index contributed by atoms with van der Waals surface area (Å²) in [4.78, 5) is 15.2. The van der Waals surface area contributed by atoms with Crippen LogP contribution in [-0.2, 0) is 6.18 Å². The molecule has 2 aliphatic rings. The minimum absolute atomic E-state index is 0.148. The molecule has 1 aromatic rings. The molecule has 0 spiro atoms. The number of nitrogens with zero attached hydrogens (tertiary/aromatic N) is 1. The summed E-state index contributed by atoms with van der Waals surface area (Å²) in [6.45, 7) is 1.65.